The average Bonchev–Trinajstić information content (AvgIpc) is 2.99. The van der Waals surface area contributed by atoms with Crippen molar-refractivity contribution < 1.29 is 18.9 Å². The van der Waals surface area contributed by atoms with Crippen LogP contribution in [0.2, 0.25) is 0 Å². The van der Waals surface area contributed by atoms with Gasteiger partial charge in [0.1, 0.15) is 11.9 Å². The minimum absolute atomic E-state index is 0.0245. The van der Waals surface area contributed by atoms with Gasteiger partial charge in [-0.3, -0.25) is 0 Å². The number of hydrogen-bond acceptors (Lipinski definition) is 4. The van der Waals surface area contributed by atoms with E-state index in [2.05, 4.69) is 71.9 Å². The molecule has 3 atom stereocenters. The summed E-state index contributed by atoms with van der Waals surface area (Å²) in [5.74, 6) is 0.857. The largest absolute Gasteiger partial charge is 0.496 e. The van der Waals surface area contributed by atoms with E-state index in [0.717, 1.165) is 23.1 Å². The SMILES string of the molecule is COc1cc2ccccc2cc1[C@@H]1C[C@H](OC(C)(C)C)[C@H](COC(C)(C)C)O1. The molecule has 1 fully saturated rings. The van der Waals surface area contributed by atoms with Crippen LogP contribution in [0.1, 0.15) is 59.6 Å². The zero-order valence-corrected chi connectivity index (χ0v) is 18.2. The first-order valence-electron chi connectivity index (χ1n) is 10.1. The topological polar surface area (TPSA) is 36.9 Å². The highest BCUT2D eigenvalue weighted by atomic mass is 16.6. The van der Waals surface area contributed by atoms with Crippen LogP contribution in [0.4, 0.5) is 0 Å². The Morgan fingerprint density at radius 1 is 0.964 bits per heavy atom. The van der Waals surface area contributed by atoms with Crippen LogP contribution in [-0.2, 0) is 14.2 Å². The zero-order valence-electron chi connectivity index (χ0n) is 18.2. The van der Waals surface area contributed by atoms with E-state index in [4.69, 9.17) is 18.9 Å². The number of hydrogen-bond donors (Lipinski definition) is 0. The molecule has 2 aromatic carbocycles. The standard InChI is InChI=1S/C24H34O4/c1-23(2,3)26-15-22-21(28-24(4,5)6)14-20(27-22)18-12-16-10-8-9-11-17(16)13-19(18)25-7/h8-13,20-22H,14-15H2,1-7H3/t20-,21-,22-/m0/s1. The lowest BCUT2D eigenvalue weighted by Gasteiger charge is -2.29. The van der Waals surface area contributed by atoms with Crippen LogP contribution in [0.5, 0.6) is 5.75 Å². The molecule has 0 saturated carbocycles. The molecule has 0 unspecified atom stereocenters. The maximum atomic E-state index is 6.46. The Hall–Kier alpha value is -1.62. The molecule has 1 aliphatic rings. The summed E-state index contributed by atoms with van der Waals surface area (Å²) in [7, 11) is 1.71. The van der Waals surface area contributed by atoms with Crippen molar-refractivity contribution in [2.45, 2.75) is 77.5 Å². The zero-order chi connectivity index (χ0) is 20.5. The van der Waals surface area contributed by atoms with Crippen LogP contribution in [0.3, 0.4) is 0 Å². The van der Waals surface area contributed by atoms with Gasteiger partial charge in [0.15, 0.2) is 0 Å². The lowest BCUT2D eigenvalue weighted by atomic mass is 9.99. The van der Waals surface area contributed by atoms with E-state index >= 15 is 0 Å². The van der Waals surface area contributed by atoms with Crippen LogP contribution >= 0.6 is 0 Å². The number of benzene rings is 2. The molecule has 154 valence electrons. The molecule has 4 heteroatoms. The molecule has 3 rings (SSSR count). The van der Waals surface area contributed by atoms with Crippen molar-refractivity contribution in [2.24, 2.45) is 0 Å². The van der Waals surface area contributed by atoms with Gasteiger partial charge in [-0.25, -0.2) is 0 Å². The molecular formula is C24H34O4. The molecule has 0 N–H and O–H groups in total. The fourth-order valence-corrected chi connectivity index (χ4v) is 3.64. The molecule has 4 nitrogen and oxygen atoms in total. The van der Waals surface area contributed by atoms with E-state index in [1.807, 2.05) is 6.07 Å². The van der Waals surface area contributed by atoms with Gasteiger partial charge in [0.25, 0.3) is 0 Å². The maximum absolute atomic E-state index is 6.46. The van der Waals surface area contributed by atoms with Crippen LogP contribution in [0.15, 0.2) is 36.4 Å². The molecule has 0 aromatic heterocycles. The molecule has 2 aromatic rings. The number of fused-ring (bicyclic) bond motifs is 1. The summed E-state index contributed by atoms with van der Waals surface area (Å²) in [6, 6.07) is 12.6. The quantitative estimate of drug-likeness (QED) is 0.663. The first-order chi connectivity index (χ1) is 13.1. The average molecular weight is 387 g/mol. The lowest BCUT2D eigenvalue weighted by Crippen LogP contribution is -2.37. The van der Waals surface area contributed by atoms with Gasteiger partial charge in [-0.15, -0.1) is 0 Å². The summed E-state index contributed by atoms with van der Waals surface area (Å²) in [5, 5.41) is 2.35. The Kier molecular flexibility index (Phi) is 6.04. The minimum Gasteiger partial charge on any atom is -0.496 e. The third-order valence-corrected chi connectivity index (χ3v) is 4.83. The second-order valence-corrected chi connectivity index (χ2v) is 9.53. The van der Waals surface area contributed by atoms with E-state index in [9.17, 15) is 0 Å². The van der Waals surface area contributed by atoms with Crippen molar-refractivity contribution in [3.8, 4) is 5.75 Å². The maximum Gasteiger partial charge on any atom is 0.125 e. The van der Waals surface area contributed by atoms with E-state index in [1.165, 1.54) is 5.39 Å². The van der Waals surface area contributed by atoms with Crippen molar-refractivity contribution in [1.29, 1.82) is 0 Å². The molecule has 0 amide bonds. The highest BCUT2D eigenvalue weighted by molar-refractivity contribution is 5.85. The fourth-order valence-electron chi connectivity index (χ4n) is 3.64. The number of rotatable bonds is 5. The van der Waals surface area contributed by atoms with Crippen molar-refractivity contribution in [3.05, 3.63) is 42.0 Å². The van der Waals surface area contributed by atoms with Gasteiger partial charge in [0.2, 0.25) is 0 Å². The molecule has 0 bridgehead atoms. The minimum atomic E-state index is -0.240. The molecule has 1 saturated heterocycles. The smallest absolute Gasteiger partial charge is 0.125 e. The van der Waals surface area contributed by atoms with Crippen molar-refractivity contribution in [2.75, 3.05) is 13.7 Å². The Bertz CT molecular complexity index is 800. The van der Waals surface area contributed by atoms with E-state index in [-0.39, 0.29) is 29.5 Å². The van der Waals surface area contributed by atoms with Crippen molar-refractivity contribution >= 4 is 10.8 Å². The van der Waals surface area contributed by atoms with Gasteiger partial charge in [0.05, 0.1) is 37.1 Å². The molecular weight excluding hydrogens is 352 g/mol. The van der Waals surface area contributed by atoms with E-state index in [1.54, 1.807) is 7.11 Å². The third-order valence-electron chi connectivity index (χ3n) is 4.83. The second-order valence-electron chi connectivity index (χ2n) is 9.53. The fraction of sp³-hybridized carbons (Fsp3) is 0.583. The normalized spacial score (nSPS) is 23.3. The van der Waals surface area contributed by atoms with Crippen LogP contribution < -0.4 is 4.74 Å². The van der Waals surface area contributed by atoms with E-state index < -0.39 is 0 Å². The molecule has 0 aliphatic carbocycles. The first kappa shape index (κ1) is 21.1. The van der Waals surface area contributed by atoms with Crippen molar-refractivity contribution in [1.82, 2.24) is 0 Å². The Balaban J connectivity index is 1.88. The van der Waals surface area contributed by atoms with Gasteiger partial charge in [-0.2, -0.15) is 0 Å². The summed E-state index contributed by atoms with van der Waals surface area (Å²) in [6.45, 7) is 12.9. The molecule has 28 heavy (non-hydrogen) atoms. The summed E-state index contributed by atoms with van der Waals surface area (Å²) in [5.41, 5.74) is 0.618. The third kappa shape index (κ3) is 5.25. The van der Waals surface area contributed by atoms with Crippen molar-refractivity contribution in [3.63, 3.8) is 0 Å². The summed E-state index contributed by atoms with van der Waals surface area (Å²) in [4.78, 5) is 0. The second kappa shape index (κ2) is 8.02. The Morgan fingerprint density at radius 2 is 1.61 bits per heavy atom. The van der Waals surface area contributed by atoms with Crippen LogP contribution in [0, 0.1) is 0 Å². The predicted octanol–water partition coefficient (Wildman–Crippen LogP) is 5.68. The molecule has 1 heterocycles. The number of ether oxygens (including phenoxy) is 4. The van der Waals surface area contributed by atoms with Crippen LogP contribution in [-0.4, -0.2) is 37.1 Å². The Morgan fingerprint density at radius 3 is 2.18 bits per heavy atom. The van der Waals surface area contributed by atoms with Gasteiger partial charge >= 0.3 is 0 Å². The van der Waals surface area contributed by atoms with Crippen LogP contribution in [0.25, 0.3) is 10.8 Å². The van der Waals surface area contributed by atoms with Gasteiger partial charge in [0, 0.05) is 12.0 Å². The Labute approximate surface area is 169 Å². The van der Waals surface area contributed by atoms with Gasteiger partial charge in [-0.05, 0) is 64.4 Å². The van der Waals surface area contributed by atoms with Gasteiger partial charge in [-0.1, -0.05) is 24.3 Å². The summed E-state index contributed by atoms with van der Waals surface area (Å²) in [6.07, 6.45) is 0.563. The molecule has 0 spiro atoms. The molecule has 0 radical (unpaired) electrons. The number of methoxy groups -OCH3 is 1. The van der Waals surface area contributed by atoms with E-state index in [0.29, 0.717) is 6.61 Å². The lowest BCUT2D eigenvalue weighted by molar-refractivity contribution is -0.128. The first-order valence-corrected chi connectivity index (χ1v) is 10.1. The monoisotopic (exact) mass is 386 g/mol. The predicted molar refractivity (Wildman–Crippen MR) is 113 cm³/mol. The summed E-state index contributed by atoms with van der Waals surface area (Å²) < 4.78 is 24.5. The molecule has 1 aliphatic heterocycles. The highest BCUT2D eigenvalue weighted by Gasteiger charge is 2.40. The van der Waals surface area contributed by atoms with Gasteiger partial charge < -0.3 is 18.9 Å². The highest BCUT2D eigenvalue weighted by Crippen LogP contribution is 2.41. The summed E-state index contributed by atoms with van der Waals surface area (Å²) >= 11 is 0.